The van der Waals surface area contributed by atoms with Gasteiger partial charge in [-0.15, -0.1) is 12.4 Å². The Labute approximate surface area is 116 Å². The van der Waals surface area contributed by atoms with Gasteiger partial charge < -0.3 is 14.8 Å². The molecule has 0 atom stereocenters. The molecule has 16 heavy (non-hydrogen) atoms. The van der Waals surface area contributed by atoms with E-state index in [1.54, 1.807) is 14.2 Å². The highest BCUT2D eigenvalue weighted by Crippen LogP contribution is 2.33. The quantitative estimate of drug-likeness (QED) is 0.822. The second-order valence-corrected chi connectivity index (χ2v) is 4.26. The molecule has 1 N–H and O–H groups in total. The molecule has 0 spiro atoms. The molecule has 0 fully saturated rings. The Morgan fingerprint density at radius 1 is 1.25 bits per heavy atom. The highest BCUT2D eigenvalue weighted by molar-refractivity contribution is 14.1. The topological polar surface area (TPSA) is 30.5 Å². The summed E-state index contributed by atoms with van der Waals surface area (Å²) in [6, 6.07) is 4.11. The summed E-state index contributed by atoms with van der Waals surface area (Å²) in [5.41, 5.74) is 1.21. The van der Waals surface area contributed by atoms with Gasteiger partial charge in [-0.05, 0) is 46.8 Å². The molecule has 1 rings (SSSR count). The molecule has 0 saturated heterocycles. The van der Waals surface area contributed by atoms with Crippen molar-refractivity contribution in [3.05, 3.63) is 21.3 Å². The monoisotopic (exact) mass is 357 g/mol. The van der Waals surface area contributed by atoms with Gasteiger partial charge in [-0.1, -0.05) is 6.92 Å². The standard InChI is InChI=1S/C11H16INO2.ClH/c1-4-13-7-8-5-9(12)11(15-3)10(6-8)14-2;/h5-6,13H,4,7H2,1-3H3;1H. The Kier molecular flexibility index (Phi) is 7.87. The number of nitrogens with one attached hydrogen (secondary N) is 1. The number of hydrogen-bond donors (Lipinski definition) is 1. The molecule has 92 valence electrons. The molecule has 0 saturated carbocycles. The van der Waals surface area contributed by atoms with Gasteiger partial charge in [0, 0.05) is 6.54 Å². The van der Waals surface area contributed by atoms with Crippen molar-refractivity contribution < 1.29 is 9.47 Å². The lowest BCUT2D eigenvalue weighted by molar-refractivity contribution is 0.352. The van der Waals surface area contributed by atoms with Crippen LogP contribution in [0.25, 0.3) is 0 Å². The molecule has 0 aliphatic carbocycles. The van der Waals surface area contributed by atoms with Gasteiger partial charge in [0.25, 0.3) is 0 Å². The van der Waals surface area contributed by atoms with E-state index in [0.29, 0.717) is 0 Å². The predicted molar refractivity (Wildman–Crippen MR) is 76.9 cm³/mol. The van der Waals surface area contributed by atoms with E-state index in [-0.39, 0.29) is 12.4 Å². The van der Waals surface area contributed by atoms with Crippen LogP contribution in [0, 0.1) is 3.57 Å². The number of halogens is 2. The molecule has 0 aliphatic heterocycles. The highest BCUT2D eigenvalue weighted by atomic mass is 127. The van der Waals surface area contributed by atoms with Crippen LogP contribution >= 0.6 is 35.0 Å². The van der Waals surface area contributed by atoms with Gasteiger partial charge in [-0.25, -0.2) is 0 Å². The molecular formula is C11H17ClINO2. The lowest BCUT2D eigenvalue weighted by atomic mass is 10.2. The molecule has 0 radical (unpaired) electrons. The predicted octanol–water partition coefficient (Wildman–Crippen LogP) is 2.84. The maximum absolute atomic E-state index is 5.28. The van der Waals surface area contributed by atoms with Crippen molar-refractivity contribution in [3.63, 3.8) is 0 Å². The molecule has 5 heteroatoms. The number of rotatable bonds is 5. The molecule has 1 aromatic rings. The van der Waals surface area contributed by atoms with Gasteiger partial charge in [0.15, 0.2) is 11.5 Å². The smallest absolute Gasteiger partial charge is 0.174 e. The van der Waals surface area contributed by atoms with Crippen LogP contribution in [0.3, 0.4) is 0 Å². The van der Waals surface area contributed by atoms with Crippen molar-refractivity contribution in [3.8, 4) is 11.5 Å². The van der Waals surface area contributed by atoms with Crippen molar-refractivity contribution in [1.29, 1.82) is 0 Å². The summed E-state index contributed by atoms with van der Waals surface area (Å²) < 4.78 is 11.6. The number of benzene rings is 1. The molecule has 0 bridgehead atoms. The van der Waals surface area contributed by atoms with E-state index in [1.165, 1.54) is 5.56 Å². The third-order valence-corrected chi connectivity index (χ3v) is 2.87. The van der Waals surface area contributed by atoms with Crippen LogP contribution in [0.4, 0.5) is 0 Å². The Bertz CT molecular complexity index is 334. The third-order valence-electron chi connectivity index (χ3n) is 2.07. The third kappa shape index (κ3) is 3.99. The lowest BCUT2D eigenvalue weighted by Crippen LogP contribution is -2.12. The van der Waals surface area contributed by atoms with Gasteiger partial charge in [0.1, 0.15) is 0 Å². The summed E-state index contributed by atoms with van der Waals surface area (Å²) in [4.78, 5) is 0. The van der Waals surface area contributed by atoms with Crippen molar-refractivity contribution in [2.45, 2.75) is 13.5 Å². The minimum atomic E-state index is 0. The summed E-state index contributed by atoms with van der Waals surface area (Å²) in [5, 5.41) is 3.28. The van der Waals surface area contributed by atoms with Crippen LogP contribution in [0.1, 0.15) is 12.5 Å². The lowest BCUT2D eigenvalue weighted by Gasteiger charge is -2.12. The minimum absolute atomic E-state index is 0. The molecule has 1 aromatic carbocycles. The maximum Gasteiger partial charge on any atom is 0.174 e. The van der Waals surface area contributed by atoms with Crippen LogP contribution in [-0.2, 0) is 6.54 Å². The van der Waals surface area contributed by atoms with E-state index in [1.807, 2.05) is 6.07 Å². The molecule has 0 aromatic heterocycles. The minimum Gasteiger partial charge on any atom is -0.493 e. The fourth-order valence-corrected chi connectivity index (χ4v) is 2.23. The molecule has 0 amide bonds. The Morgan fingerprint density at radius 2 is 1.94 bits per heavy atom. The molecule has 0 heterocycles. The zero-order valence-electron chi connectivity index (χ0n) is 9.67. The average molecular weight is 358 g/mol. The van der Waals surface area contributed by atoms with Crippen molar-refractivity contribution >= 4 is 35.0 Å². The van der Waals surface area contributed by atoms with E-state index in [2.05, 4.69) is 40.9 Å². The SMILES string of the molecule is CCNCc1cc(I)c(OC)c(OC)c1.Cl. The number of methoxy groups -OCH3 is 2. The van der Waals surface area contributed by atoms with Crippen LogP contribution in [0.5, 0.6) is 11.5 Å². The summed E-state index contributed by atoms with van der Waals surface area (Å²) >= 11 is 2.25. The van der Waals surface area contributed by atoms with Gasteiger partial charge in [-0.2, -0.15) is 0 Å². The number of hydrogen-bond acceptors (Lipinski definition) is 3. The van der Waals surface area contributed by atoms with Gasteiger partial charge in [0.2, 0.25) is 0 Å². The number of ether oxygens (including phenoxy) is 2. The van der Waals surface area contributed by atoms with Gasteiger partial charge >= 0.3 is 0 Å². The van der Waals surface area contributed by atoms with E-state index in [4.69, 9.17) is 9.47 Å². The van der Waals surface area contributed by atoms with Crippen LogP contribution < -0.4 is 14.8 Å². The van der Waals surface area contributed by atoms with Crippen molar-refractivity contribution in [1.82, 2.24) is 5.32 Å². The Morgan fingerprint density at radius 3 is 2.44 bits per heavy atom. The van der Waals surface area contributed by atoms with E-state index in [0.717, 1.165) is 28.2 Å². The Hall–Kier alpha value is -0.200. The zero-order chi connectivity index (χ0) is 11.3. The zero-order valence-corrected chi connectivity index (χ0v) is 12.6. The first-order valence-electron chi connectivity index (χ1n) is 4.84. The van der Waals surface area contributed by atoms with E-state index < -0.39 is 0 Å². The van der Waals surface area contributed by atoms with E-state index in [9.17, 15) is 0 Å². The highest BCUT2D eigenvalue weighted by Gasteiger charge is 2.09. The first-order chi connectivity index (χ1) is 7.22. The first kappa shape index (κ1) is 15.8. The van der Waals surface area contributed by atoms with Crippen LogP contribution in [0.2, 0.25) is 0 Å². The fraction of sp³-hybridized carbons (Fsp3) is 0.455. The Balaban J connectivity index is 0.00000225. The summed E-state index contributed by atoms with van der Waals surface area (Å²) in [6.45, 7) is 3.91. The average Bonchev–Trinajstić information content (AvgIpc) is 2.25. The second-order valence-electron chi connectivity index (χ2n) is 3.09. The summed E-state index contributed by atoms with van der Waals surface area (Å²) in [5.74, 6) is 1.59. The largest absolute Gasteiger partial charge is 0.493 e. The molecular weight excluding hydrogens is 340 g/mol. The van der Waals surface area contributed by atoms with Crippen molar-refractivity contribution in [2.24, 2.45) is 0 Å². The maximum atomic E-state index is 5.28. The van der Waals surface area contributed by atoms with E-state index >= 15 is 0 Å². The van der Waals surface area contributed by atoms with Crippen LogP contribution in [0.15, 0.2) is 12.1 Å². The first-order valence-corrected chi connectivity index (χ1v) is 5.91. The summed E-state index contributed by atoms with van der Waals surface area (Å²) in [6.07, 6.45) is 0. The van der Waals surface area contributed by atoms with Crippen LogP contribution in [-0.4, -0.2) is 20.8 Å². The molecule has 0 aliphatic rings. The summed E-state index contributed by atoms with van der Waals surface area (Å²) in [7, 11) is 3.31. The van der Waals surface area contributed by atoms with Gasteiger partial charge in [-0.3, -0.25) is 0 Å². The molecule has 3 nitrogen and oxygen atoms in total. The normalized spacial score (nSPS) is 9.50. The fourth-order valence-electron chi connectivity index (χ4n) is 1.34. The molecule has 0 unspecified atom stereocenters. The van der Waals surface area contributed by atoms with Crippen molar-refractivity contribution in [2.75, 3.05) is 20.8 Å². The van der Waals surface area contributed by atoms with Gasteiger partial charge in [0.05, 0.1) is 17.8 Å². The second kappa shape index (κ2) is 7.97.